The van der Waals surface area contributed by atoms with Crippen LogP contribution in [-0.2, 0) is 6.18 Å². The molecule has 0 aliphatic heterocycles. The van der Waals surface area contributed by atoms with Gasteiger partial charge in [0.2, 0.25) is 11.2 Å². The van der Waals surface area contributed by atoms with Gasteiger partial charge in [-0.05, 0) is 11.6 Å². The third-order valence-corrected chi connectivity index (χ3v) is 3.79. The van der Waals surface area contributed by atoms with E-state index < -0.39 is 43.7 Å². The van der Waals surface area contributed by atoms with E-state index in [1.807, 2.05) is 0 Å². The molecule has 0 saturated heterocycles. The quantitative estimate of drug-likeness (QED) is 0.270. The Kier molecular flexibility index (Phi) is 6.44. The van der Waals surface area contributed by atoms with Crippen LogP contribution in [0.5, 0.6) is 5.88 Å². The van der Waals surface area contributed by atoms with Gasteiger partial charge in [-0.1, -0.05) is 24.3 Å². The maximum atomic E-state index is 13.1. The minimum Gasteiger partial charge on any atom is -0.472 e. The van der Waals surface area contributed by atoms with Gasteiger partial charge in [0.25, 0.3) is 0 Å². The minimum atomic E-state index is -5.17. The van der Waals surface area contributed by atoms with Crippen LogP contribution >= 0.6 is 23.2 Å². The first kappa shape index (κ1) is 22.1. The number of halogens is 5. The summed E-state index contributed by atoms with van der Waals surface area (Å²) in [7, 11) is 0. The molecular formula is C14H8Cl2F3N5O5. The lowest BCUT2D eigenvalue weighted by atomic mass is 10.1. The summed E-state index contributed by atoms with van der Waals surface area (Å²) in [6.45, 7) is 3.31. The van der Waals surface area contributed by atoms with Crippen molar-refractivity contribution in [1.29, 1.82) is 0 Å². The summed E-state index contributed by atoms with van der Waals surface area (Å²) in [6, 6.07) is 0.0821. The van der Waals surface area contributed by atoms with Gasteiger partial charge in [0.05, 0.1) is 21.6 Å². The first-order valence-corrected chi connectivity index (χ1v) is 7.98. The standard InChI is InChI=1S/C14H8Cl2F3N5O5/c1-2-3-29-12-7(5-20-13(16)22-12)21-10-8(23(25)26)4-6(14(17,18)19)9(15)11(10)24(27)28/h2,4-5,21H,1,3H2. The molecule has 0 aliphatic carbocycles. The zero-order chi connectivity index (χ0) is 21.9. The number of benzene rings is 1. The average Bonchev–Trinajstić information content (AvgIpc) is 2.60. The topological polar surface area (TPSA) is 133 Å². The van der Waals surface area contributed by atoms with Crippen molar-refractivity contribution in [2.45, 2.75) is 6.18 Å². The predicted octanol–water partition coefficient (Wildman–Crippen LogP) is 4.93. The van der Waals surface area contributed by atoms with Crippen molar-refractivity contribution >= 4 is 46.0 Å². The monoisotopic (exact) mass is 453 g/mol. The summed E-state index contributed by atoms with van der Waals surface area (Å²) in [6.07, 6.45) is -2.89. The van der Waals surface area contributed by atoms with Crippen LogP contribution in [0.25, 0.3) is 0 Å². The summed E-state index contributed by atoms with van der Waals surface area (Å²) in [5.74, 6) is -0.287. The van der Waals surface area contributed by atoms with E-state index in [-0.39, 0.29) is 29.5 Å². The Morgan fingerprint density at radius 3 is 2.45 bits per heavy atom. The largest absolute Gasteiger partial charge is 0.472 e. The molecule has 15 heteroatoms. The molecule has 0 aliphatic rings. The highest BCUT2D eigenvalue weighted by Crippen LogP contribution is 2.48. The molecule has 154 valence electrons. The van der Waals surface area contributed by atoms with E-state index in [0.717, 1.165) is 6.20 Å². The Hall–Kier alpha value is -3.19. The molecular weight excluding hydrogens is 446 g/mol. The first-order chi connectivity index (χ1) is 13.5. The Balaban J connectivity index is 2.76. The van der Waals surface area contributed by atoms with Gasteiger partial charge in [-0.15, -0.1) is 0 Å². The van der Waals surface area contributed by atoms with E-state index >= 15 is 0 Å². The molecule has 1 aromatic carbocycles. The van der Waals surface area contributed by atoms with Crippen LogP contribution in [0.4, 0.5) is 35.9 Å². The highest BCUT2D eigenvalue weighted by atomic mass is 35.5. The average molecular weight is 454 g/mol. The van der Waals surface area contributed by atoms with Gasteiger partial charge in [0, 0.05) is 6.07 Å². The maximum absolute atomic E-state index is 13.1. The van der Waals surface area contributed by atoms with Crippen LogP contribution in [0, 0.1) is 20.2 Å². The number of aromatic nitrogens is 2. The van der Waals surface area contributed by atoms with Crippen molar-refractivity contribution in [3.8, 4) is 5.88 Å². The van der Waals surface area contributed by atoms with E-state index in [2.05, 4.69) is 21.9 Å². The van der Waals surface area contributed by atoms with E-state index in [4.69, 9.17) is 27.9 Å². The number of nitro groups is 2. The molecule has 29 heavy (non-hydrogen) atoms. The van der Waals surface area contributed by atoms with Crippen molar-refractivity contribution in [3.05, 3.63) is 61.0 Å². The van der Waals surface area contributed by atoms with E-state index in [1.54, 1.807) is 0 Å². The van der Waals surface area contributed by atoms with Gasteiger partial charge < -0.3 is 10.1 Å². The molecule has 0 unspecified atom stereocenters. The SMILES string of the molecule is C=CCOc1nc(Cl)ncc1Nc1c([N+](=O)[O-])cc(C(F)(F)F)c(Cl)c1[N+](=O)[O-]. The molecule has 0 bridgehead atoms. The van der Waals surface area contributed by atoms with Crippen molar-refractivity contribution in [1.82, 2.24) is 9.97 Å². The fourth-order valence-corrected chi connectivity index (χ4v) is 2.54. The summed E-state index contributed by atoms with van der Waals surface area (Å²) in [5, 5.41) is 23.3. The number of rotatable bonds is 7. The molecule has 0 radical (unpaired) electrons. The lowest BCUT2D eigenvalue weighted by Crippen LogP contribution is -2.11. The lowest BCUT2D eigenvalue weighted by molar-refractivity contribution is -0.392. The zero-order valence-corrected chi connectivity index (χ0v) is 15.4. The predicted molar refractivity (Wildman–Crippen MR) is 95.8 cm³/mol. The number of hydrogen-bond donors (Lipinski definition) is 1. The smallest absolute Gasteiger partial charge is 0.418 e. The van der Waals surface area contributed by atoms with Crippen molar-refractivity contribution < 1.29 is 27.8 Å². The zero-order valence-electron chi connectivity index (χ0n) is 13.9. The van der Waals surface area contributed by atoms with Gasteiger partial charge in [-0.25, -0.2) is 4.98 Å². The highest BCUT2D eigenvalue weighted by Gasteiger charge is 2.42. The van der Waals surface area contributed by atoms with E-state index in [9.17, 15) is 33.4 Å². The fourth-order valence-electron chi connectivity index (χ4n) is 2.09. The second kappa shape index (κ2) is 8.45. The van der Waals surface area contributed by atoms with Gasteiger partial charge >= 0.3 is 17.6 Å². The molecule has 1 heterocycles. The number of nitrogens with zero attached hydrogens (tertiary/aromatic N) is 4. The van der Waals surface area contributed by atoms with Crippen LogP contribution in [0.2, 0.25) is 10.3 Å². The summed E-state index contributed by atoms with van der Waals surface area (Å²) in [4.78, 5) is 27.5. The molecule has 0 spiro atoms. The molecule has 1 N–H and O–H groups in total. The molecule has 0 saturated carbocycles. The van der Waals surface area contributed by atoms with Crippen LogP contribution in [0.3, 0.4) is 0 Å². The second-order valence-corrected chi connectivity index (χ2v) is 5.79. The molecule has 2 aromatic rings. The third kappa shape index (κ3) is 4.81. The van der Waals surface area contributed by atoms with Gasteiger partial charge in [0.15, 0.2) is 5.69 Å². The van der Waals surface area contributed by atoms with Gasteiger partial charge in [-0.3, -0.25) is 20.2 Å². The van der Waals surface area contributed by atoms with Crippen LogP contribution in [0.15, 0.2) is 24.9 Å². The van der Waals surface area contributed by atoms with Crippen LogP contribution in [0.1, 0.15) is 5.56 Å². The number of nitro benzene ring substituents is 2. The fraction of sp³-hybridized carbons (Fsp3) is 0.143. The minimum absolute atomic E-state index is 0.0821. The van der Waals surface area contributed by atoms with E-state index in [0.29, 0.717) is 0 Å². The van der Waals surface area contributed by atoms with Crippen molar-refractivity contribution in [2.24, 2.45) is 0 Å². The molecule has 10 nitrogen and oxygen atoms in total. The van der Waals surface area contributed by atoms with Crippen molar-refractivity contribution in [2.75, 3.05) is 11.9 Å². The van der Waals surface area contributed by atoms with Crippen LogP contribution in [-0.4, -0.2) is 26.4 Å². The molecule has 0 amide bonds. The van der Waals surface area contributed by atoms with Gasteiger partial charge in [0.1, 0.15) is 17.3 Å². The number of hydrogen-bond acceptors (Lipinski definition) is 8. The Labute approximate surface area is 169 Å². The summed E-state index contributed by atoms with van der Waals surface area (Å²) < 4.78 is 44.6. The van der Waals surface area contributed by atoms with E-state index in [1.165, 1.54) is 6.08 Å². The van der Waals surface area contributed by atoms with Crippen molar-refractivity contribution in [3.63, 3.8) is 0 Å². The van der Waals surface area contributed by atoms with Gasteiger partial charge in [-0.2, -0.15) is 18.2 Å². The maximum Gasteiger partial charge on any atom is 0.418 e. The Morgan fingerprint density at radius 2 is 1.93 bits per heavy atom. The third-order valence-electron chi connectivity index (χ3n) is 3.23. The first-order valence-electron chi connectivity index (χ1n) is 7.23. The molecule has 0 fully saturated rings. The highest BCUT2D eigenvalue weighted by molar-refractivity contribution is 6.34. The molecule has 1 aromatic heterocycles. The Morgan fingerprint density at radius 1 is 1.28 bits per heavy atom. The van der Waals surface area contributed by atoms with Crippen LogP contribution < -0.4 is 10.1 Å². The number of alkyl halides is 3. The molecule has 0 atom stereocenters. The molecule has 2 rings (SSSR count). The number of anilines is 2. The summed E-state index contributed by atoms with van der Waals surface area (Å²) in [5.41, 5.74) is -5.53. The number of ether oxygens (including phenoxy) is 1. The second-order valence-electron chi connectivity index (χ2n) is 5.08. The normalized spacial score (nSPS) is 11.1. The summed E-state index contributed by atoms with van der Waals surface area (Å²) >= 11 is 11.2. The lowest BCUT2D eigenvalue weighted by Gasteiger charge is -2.14. The Bertz CT molecular complexity index is 1000. The number of nitrogens with one attached hydrogen (secondary N) is 1.